The van der Waals surface area contributed by atoms with E-state index in [1.165, 1.54) is 12.3 Å². The van der Waals surface area contributed by atoms with Crippen molar-refractivity contribution in [2.45, 2.75) is 31.9 Å². The van der Waals surface area contributed by atoms with Crippen LogP contribution in [0.3, 0.4) is 0 Å². The molecule has 2 heterocycles. The Bertz CT molecular complexity index is 986. The van der Waals surface area contributed by atoms with Crippen molar-refractivity contribution < 1.29 is 22.7 Å². The molecular weight excluding hydrogens is 394 g/mol. The van der Waals surface area contributed by atoms with E-state index >= 15 is 0 Å². The summed E-state index contributed by atoms with van der Waals surface area (Å²) in [5.74, 6) is 0.646. The van der Waals surface area contributed by atoms with Crippen molar-refractivity contribution in [3.05, 3.63) is 59.4 Å². The highest BCUT2D eigenvalue weighted by Gasteiger charge is 2.24. The van der Waals surface area contributed by atoms with Gasteiger partial charge < -0.3 is 14.8 Å². The molecule has 0 bridgehead atoms. The van der Waals surface area contributed by atoms with Gasteiger partial charge in [0.1, 0.15) is 17.4 Å². The maximum absolute atomic E-state index is 12.7. The zero-order valence-electron chi connectivity index (χ0n) is 16.2. The first-order valence-corrected chi connectivity index (χ1v) is 11.2. The number of benzene rings is 1. The number of para-hydroxylation sites is 1. The summed E-state index contributed by atoms with van der Waals surface area (Å²) in [6, 6.07) is 8.48. The quantitative estimate of drug-likeness (QED) is 0.738. The van der Waals surface area contributed by atoms with E-state index in [-0.39, 0.29) is 17.5 Å². The summed E-state index contributed by atoms with van der Waals surface area (Å²) in [4.78, 5) is 21.5. The third kappa shape index (κ3) is 6.10. The van der Waals surface area contributed by atoms with Crippen molar-refractivity contribution in [2.24, 2.45) is 0 Å². The molecule has 9 heteroatoms. The number of aromatic nitrogens is 2. The highest BCUT2D eigenvalue weighted by atomic mass is 32.2. The van der Waals surface area contributed by atoms with Crippen LogP contribution in [0, 0.1) is 0 Å². The minimum atomic E-state index is -3.28. The van der Waals surface area contributed by atoms with Crippen LogP contribution >= 0.6 is 0 Å². The van der Waals surface area contributed by atoms with E-state index in [0.717, 1.165) is 24.5 Å². The lowest BCUT2D eigenvalue weighted by Gasteiger charge is -2.15. The molecule has 0 spiro atoms. The van der Waals surface area contributed by atoms with Gasteiger partial charge in [-0.2, -0.15) is 4.98 Å². The van der Waals surface area contributed by atoms with E-state index in [2.05, 4.69) is 15.3 Å². The summed E-state index contributed by atoms with van der Waals surface area (Å²) in [7, 11) is -3.28. The van der Waals surface area contributed by atoms with Crippen molar-refractivity contribution in [3.63, 3.8) is 0 Å². The van der Waals surface area contributed by atoms with Crippen LogP contribution in [0.2, 0.25) is 0 Å². The number of nitrogens with zero attached hydrogens (tertiary/aromatic N) is 2. The van der Waals surface area contributed by atoms with Gasteiger partial charge in [0, 0.05) is 30.5 Å². The Balaban J connectivity index is 1.85. The first-order valence-electron chi connectivity index (χ1n) is 9.22. The zero-order valence-corrected chi connectivity index (χ0v) is 17.1. The molecule has 29 heavy (non-hydrogen) atoms. The van der Waals surface area contributed by atoms with Gasteiger partial charge in [-0.15, -0.1) is 0 Å². The highest BCUT2D eigenvalue weighted by molar-refractivity contribution is 7.93. The summed E-state index contributed by atoms with van der Waals surface area (Å²) < 4.78 is 34.0. The molecule has 1 aromatic carbocycles. The van der Waals surface area contributed by atoms with Gasteiger partial charge in [-0.25, -0.2) is 13.4 Å². The first kappa shape index (κ1) is 20.9. The Morgan fingerprint density at radius 1 is 1.34 bits per heavy atom. The molecule has 1 saturated heterocycles. The van der Waals surface area contributed by atoms with Gasteiger partial charge in [0.2, 0.25) is 5.88 Å². The third-order valence-electron chi connectivity index (χ3n) is 4.17. The molecule has 2 unspecified atom stereocenters. The van der Waals surface area contributed by atoms with Gasteiger partial charge in [0.15, 0.2) is 15.7 Å². The van der Waals surface area contributed by atoms with Crippen molar-refractivity contribution >= 4 is 15.7 Å². The maximum atomic E-state index is 12.7. The molecule has 1 aliphatic rings. The average molecular weight is 417 g/mol. The summed E-state index contributed by atoms with van der Waals surface area (Å²) in [5, 5.41) is 3.75. The van der Waals surface area contributed by atoms with E-state index in [1.807, 2.05) is 18.2 Å². The van der Waals surface area contributed by atoms with Gasteiger partial charge in [-0.3, -0.25) is 4.79 Å². The lowest BCUT2D eigenvalue weighted by Crippen LogP contribution is -2.32. The lowest BCUT2D eigenvalue weighted by atomic mass is 10.2. The van der Waals surface area contributed by atoms with Crippen LogP contribution in [-0.2, 0) is 14.6 Å². The fraction of sp³-hybridized carbons (Fsp3) is 0.350. The number of ether oxygens (including phenoxy) is 2. The zero-order chi connectivity index (χ0) is 20.9. The van der Waals surface area contributed by atoms with E-state index in [4.69, 9.17) is 9.47 Å². The summed E-state index contributed by atoms with van der Waals surface area (Å²) in [5.41, 5.74) is 0.148. The van der Waals surface area contributed by atoms with Crippen LogP contribution in [0.1, 0.15) is 42.1 Å². The molecule has 1 fully saturated rings. The largest absolute Gasteiger partial charge is 0.438 e. The van der Waals surface area contributed by atoms with E-state index in [1.54, 1.807) is 19.1 Å². The van der Waals surface area contributed by atoms with Gasteiger partial charge in [0.05, 0.1) is 0 Å². The highest BCUT2D eigenvalue weighted by Crippen LogP contribution is 2.29. The molecule has 0 radical (unpaired) electrons. The second-order valence-corrected chi connectivity index (χ2v) is 8.72. The van der Waals surface area contributed by atoms with Gasteiger partial charge >= 0.3 is 0 Å². The molecule has 1 amide bonds. The van der Waals surface area contributed by atoms with Crippen LogP contribution in [0.4, 0.5) is 0 Å². The molecule has 0 saturated carbocycles. The lowest BCUT2D eigenvalue weighted by molar-refractivity contribution is 0.0938. The molecule has 1 N–H and O–H groups in total. The average Bonchev–Trinajstić information content (AvgIpc) is 3.21. The topological polar surface area (TPSA) is 107 Å². The van der Waals surface area contributed by atoms with Crippen molar-refractivity contribution in [2.75, 3.05) is 12.9 Å². The number of rotatable bonds is 7. The SMILES string of the molecule is CC(/C=C/S(C)(=O)=O)NC(=O)c1cnc(C2CCCO2)nc1Oc1ccccc1. The monoisotopic (exact) mass is 417 g/mol. The number of amides is 1. The molecule has 154 valence electrons. The minimum Gasteiger partial charge on any atom is -0.438 e. The van der Waals surface area contributed by atoms with E-state index < -0.39 is 21.8 Å². The number of carbonyl (C=O) groups is 1. The number of hydrogen-bond donors (Lipinski definition) is 1. The molecule has 1 aliphatic heterocycles. The number of nitrogens with one attached hydrogen (secondary N) is 1. The van der Waals surface area contributed by atoms with Crippen molar-refractivity contribution in [3.8, 4) is 11.6 Å². The van der Waals surface area contributed by atoms with Gasteiger partial charge in [-0.05, 0) is 31.9 Å². The van der Waals surface area contributed by atoms with Gasteiger partial charge in [0.25, 0.3) is 5.91 Å². The van der Waals surface area contributed by atoms with Crippen LogP contribution in [0.25, 0.3) is 0 Å². The Labute approximate surface area is 169 Å². The first-order chi connectivity index (χ1) is 13.8. The van der Waals surface area contributed by atoms with Crippen LogP contribution in [0.5, 0.6) is 11.6 Å². The van der Waals surface area contributed by atoms with Crippen LogP contribution < -0.4 is 10.1 Å². The Kier molecular flexibility index (Phi) is 6.60. The summed E-state index contributed by atoms with van der Waals surface area (Å²) in [6.07, 6.45) is 5.40. The van der Waals surface area contributed by atoms with Crippen LogP contribution in [0.15, 0.2) is 48.0 Å². The Morgan fingerprint density at radius 2 is 2.10 bits per heavy atom. The second kappa shape index (κ2) is 9.15. The van der Waals surface area contributed by atoms with Crippen molar-refractivity contribution in [1.29, 1.82) is 0 Å². The van der Waals surface area contributed by atoms with E-state index in [0.29, 0.717) is 18.2 Å². The van der Waals surface area contributed by atoms with Crippen molar-refractivity contribution in [1.82, 2.24) is 15.3 Å². The summed E-state index contributed by atoms with van der Waals surface area (Å²) >= 11 is 0. The molecule has 2 aromatic rings. The molecule has 8 nitrogen and oxygen atoms in total. The number of hydrogen-bond acceptors (Lipinski definition) is 7. The second-order valence-electron chi connectivity index (χ2n) is 6.78. The summed E-state index contributed by atoms with van der Waals surface area (Å²) in [6.45, 7) is 2.31. The number of carbonyl (C=O) groups excluding carboxylic acids is 1. The number of sulfone groups is 1. The fourth-order valence-corrected chi connectivity index (χ4v) is 3.26. The van der Waals surface area contributed by atoms with E-state index in [9.17, 15) is 13.2 Å². The predicted octanol–water partition coefficient (Wildman–Crippen LogP) is 2.80. The molecule has 1 aromatic heterocycles. The standard InChI is InChI=1S/C20H23N3O5S/c1-14(10-12-29(2,25)26)22-19(24)16-13-21-18(17-9-6-11-27-17)23-20(16)28-15-7-4-3-5-8-15/h3-5,7-8,10,12-14,17H,6,9,11H2,1-2H3,(H,22,24)/b12-10+. The van der Waals surface area contributed by atoms with Gasteiger partial charge in [-0.1, -0.05) is 24.3 Å². The maximum Gasteiger partial charge on any atom is 0.258 e. The fourth-order valence-electron chi connectivity index (χ4n) is 2.74. The third-order valence-corrected chi connectivity index (χ3v) is 4.82. The molecule has 2 atom stereocenters. The Morgan fingerprint density at radius 3 is 2.76 bits per heavy atom. The Hall–Kier alpha value is -2.78. The molecular formula is C20H23N3O5S. The predicted molar refractivity (Wildman–Crippen MR) is 107 cm³/mol. The normalized spacial score (nSPS) is 17.9. The molecule has 0 aliphatic carbocycles. The molecule has 3 rings (SSSR count). The van der Waals surface area contributed by atoms with Crippen LogP contribution in [-0.4, -0.2) is 43.2 Å². The smallest absolute Gasteiger partial charge is 0.258 e. The minimum absolute atomic E-state index is 0.119.